The average molecular weight is 418 g/mol. The summed E-state index contributed by atoms with van der Waals surface area (Å²) in [4.78, 5) is 13.7. The molecule has 0 unspecified atom stereocenters. The minimum Gasteiger partial charge on any atom is -0.495 e. The fraction of sp³-hybridized carbons (Fsp3) is 0.200. The van der Waals surface area contributed by atoms with Gasteiger partial charge in [0.05, 0.1) is 29.2 Å². The molecule has 146 valence electrons. The predicted molar refractivity (Wildman–Crippen MR) is 107 cm³/mol. The van der Waals surface area contributed by atoms with Gasteiger partial charge in [-0.2, -0.15) is 0 Å². The summed E-state index contributed by atoms with van der Waals surface area (Å²) >= 11 is 1.25. The van der Waals surface area contributed by atoms with E-state index in [1.165, 1.54) is 30.8 Å². The maximum atomic E-state index is 12.8. The summed E-state index contributed by atoms with van der Waals surface area (Å²) in [6, 6.07) is 13.3. The third kappa shape index (κ3) is 4.07. The zero-order chi connectivity index (χ0) is 20.1. The number of hydrogen-bond donors (Lipinski definition) is 0. The molecule has 3 rings (SSSR count). The van der Waals surface area contributed by atoms with E-state index in [-0.39, 0.29) is 28.6 Å². The lowest BCUT2D eigenvalue weighted by Crippen LogP contribution is -2.14. The number of carbonyl (C=O) groups is 1. The molecule has 0 aliphatic carbocycles. The van der Waals surface area contributed by atoms with Crippen molar-refractivity contribution in [3.63, 3.8) is 0 Å². The number of aromatic nitrogens is 1. The number of hydrogen-bond acceptors (Lipinski definition) is 7. The number of sulfone groups is 1. The molecule has 0 aliphatic rings. The van der Waals surface area contributed by atoms with Crippen molar-refractivity contribution >= 4 is 27.3 Å². The van der Waals surface area contributed by atoms with E-state index >= 15 is 0 Å². The molecule has 0 saturated heterocycles. The Morgan fingerprint density at radius 1 is 1.11 bits per heavy atom. The highest BCUT2D eigenvalue weighted by Gasteiger charge is 2.26. The van der Waals surface area contributed by atoms with Crippen LogP contribution in [0.3, 0.4) is 0 Å². The Morgan fingerprint density at radius 2 is 1.86 bits per heavy atom. The van der Waals surface area contributed by atoms with Gasteiger partial charge in [-0.25, -0.2) is 17.6 Å². The van der Waals surface area contributed by atoms with E-state index < -0.39 is 15.8 Å². The third-order valence-electron chi connectivity index (χ3n) is 4.08. The molecule has 3 aromatic rings. The third-order valence-corrected chi connectivity index (χ3v) is 6.54. The fourth-order valence-corrected chi connectivity index (χ4v) is 4.85. The van der Waals surface area contributed by atoms with Gasteiger partial charge in [0.15, 0.2) is 9.84 Å². The van der Waals surface area contributed by atoms with Gasteiger partial charge >= 0.3 is 5.97 Å². The van der Waals surface area contributed by atoms with Gasteiger partial charge in [-0.1, -0.05) is 24.3 Å². The maximum Gasteiger partial charge on any atom is 0.342 e. The summed E-state index contributed by atoms with van der Waals surface area (Å²) < 4.78 is 40.5. The molecule has 2 aromatic carbocycles. The van der Waals surface area contributed by atoms with Crippen LogP contribution >= 0.6 is 11.5 Å². The number of carbonyl (C=O) groups excluding carboxylic acids is 1. The molecule has 0 N–H and O–H groups in total. The summed E-state index contributed by atoms with van der Waals surface area (Å²) in [5.41, 5.74) is 1.11. The first kappa shape index (κ1) is 20.0. The molecule has 0 radical (unpaired) electrons. The van der Waals surface area contributed by atoms with Crippen LogP contribution in [0.1, 0.15) is 22.8 Å². The van der Waals surface area contributed by atoms with E-state index in [2.05, 4.69) is 4.37 Å². The number of methoxy groups -OCH3 is 1. The van der Waals surface area contributed by atoms with Gasteiger partial charge in [-0.15, -0.1) is 0 Å². The van der Waals surface area contributed by atoms with Crippen molar-refractivity contribution in [1.82, 2.24) is 4.37 Å². The Bertz CT molecular complexity index is 1060. The minimum atomic E-state index is -3.65. The van der Waals surface area contributed by atoms with Crippen LogP contribution in [0.5, 0.6) is 5.75 Å². The lowest BCUT2D eigenvalue weighted by molar-refractivity contribution is 0.0522. The number of esters is 1. The van der Waals surface area contributed by atoms with Gasteiger partial charge in [0, 0.05) is 11.8 Å². The summed E-state index contributed by atoms with van der Waals surface area (Å²) in [5, 5.41) is 0. The van der Waals surface area contributed by atoms with Gasteiger partial charge in [-0.3, -0.25) is 0 Å². The molecule has 6 nitrogen and oxygen atoms in total. The van der Waals surface area contributed by atoms with Gasteiger partial charge in [0.25, 0.3) is 0 Å². The van der Waals surface area contributed by atoms with E-state index in [1.54, 1.807) is 49.5 Å². The van der Waals surface area contributed by atoms with Crippen molar-refractivity contribution in [3.05, 3.63) is 65.9 Å². The number of benzene rings is 2. The Hall–Kier alpha value is -2.71. The highest BCUT2D eigenvalue weighted by Crippen LogP contribution is 2.38. The summed E-state index contributed by atoms with van der Waals surface area (Å²) in [6.07, 6.45) is 1.65. The molecule has 0 saturated carbocycles. The molecule has 0 amide bonds. The van der Waals surface area contributed by atoms with Crippen LogP contribution < -0.4 is 4.74 Å². The lowest BCUT2D eigenvalue weighted by atomic mass is 10.0. The van der Waals surface area contributed by atoms with E-state index in [0.717, 1.165) is 4.88 Å². The van der Waals surface area contributed by atoms with Crippen molar-refractivity contribution in [2.24, 2.45) is 0 Å². The Kier molecular flexibility index (Phi) is 6.11. The average Bonchev–Trinajstić information content (AvgIpc) is 3.22. The molecular weight excluding hydrogens is 398 g/mol. The first-order valence-electron chi connectivity index (χ1n) is 8.53. The van der Waals surface area contributed by atoms with Crippen LogP contribution in [0.25, 0.3) is 10.4 Å². The van der Waals surface area contributed by atoms with Crippen molar-refractivity contribution < 1.29 is 22.7 Å². The summed E-state index contributed by atoms with van der Waals surface area (Å²) in [6.45, 7) is 1.86. The van der Waals surface area contributed by atoms with E-state index in [1.807, 2.05) is 0 Å². The number of nitrogens with zero attached hydrogens (tertiary/aromatic N) is 1. The number of ether oxygens (including phenoxy) is 2. The van der Waals surface area contributed by atoms with Crippen molar-refractivity contribution in [3.8, 4) is 16.2 Å². The normalized spacial score (nSPS) is 11.2. The van der Waals surface area contributed by atoms with Crippen molar-refractivity contribution in [1.29, 1.82) is 0 Å². The molecule has 0 fully saturated rings. The van der Waals surface area contributed by atoms with E-state index in [0.29, 0.717) is 11.1 Å². The lowest BCUT2D eigenvalue weighted by Gasteiger charge is -2.16. The van der Waals surface area contributed by atoms with Crippen LogP contribution in [0.2, 0.25) is 0 Å². The highest BCUT2D eigenvalue weighted by molar-refractivity contribution is 7.90. The number of rotatable bonds is 7. The molecule has 0 spiro atoms. The summed E-state index contributed by atoms with van der Waals surface area (Å²) in [5.74, 6) is -0.683. The first-order chi connectivity index (χ1) is 13.5. The second kappa shape index (κ2) is 8.53. The SMILES string of the molecule is CCOC(=O)c1c(CS(=O)(=O)c2ccccc2)ccc(-c2ccns2)c1OC. The minimum absolute atomic E-state index is 0.120. The molecule has 0 atom stereocenters. The molecule has 1 aromatic heterocycles. The standard InChI is InChI=1S/C20H19NO5S2/c1-3-26-20(22)18-14(13-28(23,24)15-7-5-4-6-8-15)9-10-16(19(18)25-2)17-11-12-21-27-17/h4-12H,3,13H2,1-2H3. The molecule has 8 heteroatoms. The second-order valence-electron chi connectivity index (χ2n) is 5.85. The Morgan fingerprint density at radius 3 is 2.46 bits per heavy atom. The largest absolute Gasteiger partial charge is 0.495 e. The molecule has 1 heterocycles. The Labute approximate surface area is 167 Å². The zero-order valence-electron chi connectivity index (χ0n) is 15.4. The molecular formula is C20H19NO5S2. The topological polar surface area (TPSA) is 82.6 Å². The predicted octanol–water partition coefficient (Wildman–Crippen LogP) is 3.97. The van der Waals surface area contributed by atoms with Gasteiger partial charge in [-0.05, 0) is 48.3 Å². The van der Waals surface area contributed by atoms with Crippen LogP contribution in [0.15, 0.2) is 59.6 Å². The second-order valence-corrected chi connectivity index (χ2v) is 8.67. The maximum absolute atomic E-state index is 12.8. The van der Waals surface area contributed by atoms with Crippen molar-refractivity contribution in [2.75, 3.05) is 13.7 Å². The van der Waals surface area contributed by atoms with Gasteiger partial charge < -0.3 is 9.47 Å². The van der Waals surface area contributed by atoms with E-state index in [4.69, 9.17) is 9.47 Å². The van der Waals surface area contributed by atoms with Gasteiger partial charge in [0.1, 0.15) is 11.3 Å². The molecule has 28 heavy (non-hydrogen) atoms. The molecule has 0 bridgehead atoms. The first-order valence-corrected chi connectivity index (χ1v) is 11.0. The van der Waals surface area contributed by atoms with E-state index in [9.17, 15) is 13.2 Å². The summed E-state index contributed by atoms with van der Waals surface area (Å²) in [7, 11) is -2.21. The zero-order valence-corrected chi connectivity index (χ0v) is 17.0. The van der Waals surface area contributed by atoms with Gasteiger partial charge in [0.2, 0.25) is 0 Å². The Balaban J connectivity index is 2.14. The highest BCUT2D eigenvalue weighted by atomic mass is 32.2. The smallest absolute Gasteiger partial charge is 0.342 e. The van der Waals surface area contributed by atoms with Crippen LogP contribution in [-0.2, 0) is 20.3 Å². The quantitative estimate of drug-likeness (QED) is 0.541. The van der Waals surface area contributed by atoms with Crippen LogP contribution in [0.4, 0.5) is 0 Å². The van der Waals surface area contributed by atoms with Crippen LogP contribution in [-0.4, -0.2) is 32.5 Å². The molecule has 0 aliphatic heterocycles. The van der Waals surface area contributed by atoms with Crippen molar-refractivity contribution in [2.45, 2.75) is 17.6 Å². The van der Waals surface area contributed by atoms with Crippen LogP contribution in [0, 0.1) is 0 Å². The monoisotopic (exact) mass is 417 g/mol. The fourth-order valence-electron chi connectivity index (χ4n) is 2.85.